The second kappa shape index (κ2) is 1.98. The molecule has 0 aromatic heterocycles. The van der Waals surface area contributed by atoms with Crippen molar-refractivity contribution >= 4 is 0 Å². The SMILES string of the molecule is N#CC12CCC(CO)(CC1)C2. The van der Waals surface area contributed by atoms with Gasteiger partial charge in [0.05, 0.1) is 11.5 Å². The summed E-state index contributed by atoms with van der Waals surface area (Å²) in [6.07, 6.45) is 5.12. The van der Waals surface area contributed by atoms with Crippen LogP contribution in [0.4, 0.5) is 0 Å². The normalized spacial score (nSPS) is 47.6. The second-order valence-electron chi connectivity index (χ2n) is 4.23. The van der Waals surface area contributed by atoms with Crippen LogP contribution in [-0.2, 0) is 0 Å². The van der Waals surface area contributed by atoms with E-state index >= 15 is 0 Å². The fourth-order valence-electron chi connectivity index (χ4n) is 2.70. The van der Waals surface area contributed by atoms with Crippen LogP contribution in [0.25, 0.3) is 0 Å². The zero-order chi connectivity index (χ0) is 7.95. The quantitative estimate of drug-likeness (QED) is 0.616. The smallest absolute Gasteiger partial charge is 0.0689 e. The Morgan fingerprint density at radius 3 is 2.18 bits per heavy atom. The van der Waals surface area contributed by atoms with Crippen molar-refractivity contribution in [1.82, 2.24) is 0 Å². The summed E-state index contributed by atoms with van der Waals surface area (Å²) >= 11 is 0. The molecule has 0 spiro atoms. The lowest BCUT2D eigenvalue weighted by Crippen LogP contribution is -2.18. The number of nitrogens with zero attached hydrogens (tertiary/aromatic N) is 1. The molecule has 1 N–H and O–H groups in total. The van der Waals surface area contributed by atoms with Crippen molar-refractivity contribution in [1.29, 1.82) is 5.26 Å². The average molecular weight is 151 g/mol. The Kier molecular flexibility index (Phi) is 1.28. The average Bonchev–Trinajstić information content (AvgIpc) is 2.61. The molecule has 0 saturated heterocycles. The van der Waals surface area contributed by atoms with Crippen molar-refractivity contribution in [2.24, 2.45) is 10.8 Å². The van der Waals surface area contributed by atoms with Crippen LogP contribution in [0.2, 0.25) is 0 Å². The van der Waals surface area contributed by atoms with Gasteiger partial charge in [-0.25, -0.2) is 0 Å². The molecule has 0 amide bonds. The molecule has 0 aliphatic heterocycles. The van der Waals surface area contributed by atoms with Gasteiger partial charge in [0.1, 0.15) is 0 Å². The van der Waals surface area contributed by atoms with Crippen molar-refractivity contribution in [2.75, 3.05) is 6.61 Å². The van der Waals surface area contributed by atoms with E-state index in [9.17, 15) is 0 Å². The summed E-state index contributed by atoms with van der Waals surface area (Å²) in [4.78, 5) is 0. The number of rotatable bonds is 1. The third-order valence-corrected chi connectivity index (χ3v) is 3.55. The highest BCUT2D eigenvalue weighted by molar-refractivity contribution is 5.13. The Labute approximate surface area is 66.8 Å². The molecule has 0 atom stereocenters. The van der Waals surface area contributed by atoms with Crippen LogP contribution in [-0.4, -0.2) is 11.7 Å². The van der Waals surface area contributed by atoms with Crippen molar-refractivity contribution in [3.8, 4) is 6.07 Å². The highest BCUT2D eigenvalue weighted by atomic mass is 16.3. The van der Waals surface area contributed by atoms with Gasteiger partial charge < -0.3 is 5.11 Å². The van der Waals surface area contributed by atoms with Crippen LogP contribution < -0.4 is 0 Å². The summed E-state index contributed by atoms with van der Waals surface area (Å²) in [6, 6.07) is 2.42. The molecular formula is C9H13NO. The van der Waals surface area contributed by atoms with E-state index in [-0.39, 0.29) is 17.4 Å². The Balaban J connectivity index is 2.23. The van der Waals surface area contributed by atoms with Crippen molar-refractivity contribution < 1.29 is 5.11 Å². The van der Waals surface area contributed by atoms with Crippen LogP contribution in [0.5, 0.6) is 0 Å². The van der Waals surface area contributed by atoms with Gasteiger partial charge in [-0.3, -0.25) is 0 Å². The molecule has 2 bridgehead atoms. The largest absolute Gasteiger partial charge is 0.396 e. The number of aliphatic hydroxyl groups is 1. The number of aliphatic hydroxyl groups excluding tert-OH is 1. The van der Waals surface area contributed by atoms with E-state index in [2.05, 4.69) is 6.07 Å². The fourth-order valence-corrected chi connectivity index (χ4v) is 2.70. The molecule has 2 saturated carbocycles. The van der Waals surface area contributed by atoms with E-state index in [0.29, 0.717) is 0 Å². The third-order valence-electron chi connectivity index (χ3n) is 3.55. The Hall–Kier alpha value is -0.550. The van der Waals surface area contributed by atoms with Gasteiger partial charge in [0.15, 0.2) is 0 Å². The lowest BCUT2D eigenvalue weighted by atomic mass is 9.83. The predicted molar refractivity (Wildman–Crippen MR) is 40.6 cm³/mol. The van der Waals surface area contributed by atoms with Gasteiger partial charge in [0.2, 0.25) is 0 Å². The lowest BCUT2D eigenvalue weighted by Gasteiger charge is -2.22. The lowest BCUT2D eigenvalue weighted by molar-refractivity contribution is 0.133. The van der Waals surface area contributed by atoms with Gasteiger partial charge in [0, 0.05) is 6.61 Å². The van der Waals surface area contributed by atoms with Crippen molar-refractivity contribution in [3.63, 3.8) is 0 Å². The van der Waals surface area contributed by atoms with Gasteiger partial charge in [-0.15, -0.1) is 0 Å². The monoisotopic (exact) mass is 151 g/mol. The van der Waals surface area contributed by atoms with E-state index in [1.54, 1.807) is 0 Å². The maximum absolute atomic E-state index is 9.14. The molecular weight excluding hydrogens is 138 g/mol. The molecule has 11 heavy (non-hydrogen) atoms. The first-order chi connectivity index (χ1) is 5.24. The van der Waals surface area contributed by atoms with Gasteiger partial charge in [-0.05, 0) is 37.5 Å². The van der Waals surface area contributed by atoms with Crippen LogP contribution in [0.3, 0.4) is 0 Å². The first kappa shape index (κ1) is 7.12. The molecule has 2 fully saturated rings. The van der Waals surface area contributed by atoms with Crippen molar-refractivity contribution in [2.45, 2.75) is 32.1 Å². The molecule has 0 radical (unpaired) electrons. The minimum atomic E-state index is -0.0390. The molecule has 0 heterocycles. The Bertz CT molecular complexity index is 208. The Morgan fingerprint density at radius 2 is 1.91 bits per heavy atom. The summed E-state index contributed by atoms with van der Waals surface area (Å²) in [6.45, 7) is 0.288. The highest BCUT2D eigenvalue weighted by Gasteiger charge is 2.54. The van der Waals surface area contributed by atoms with E-state index in [0.717, 1.165) is 32.1 Å². The van der Waals surface area contributed by atoms with E-state index < -0.39 is 0 Å². The number of hydrogen-bond acceptors (Lipinski definition) is 2. The van der Waals surface area contributed by atoms with Crippen molar-refractivity contribution in [3.05, 3.63) is 0 Å². The zero-order valence-corrected chi connectivity index (χ0v) is 6.64. The zero-order valence-electron chi connectivity index (χ0n) is 6.64. The van der Waals surface area contributed by atoms with Crippen LogP contribution >= 0.6 is 0 Å². The topological polar surface area (TPSA) is 44.0 Å². The molecule has 0 unspecified atom stereocenters. The van der Waals surface area contributed by atoms with E-state index in [4.69, 9.17) is 10.4 Å². The summed E-state index contributed by atoms with van der Waals surface area (Å²) in [5, 5.41) is 18.1. The highest BCUT2D eigenvalue weighted by Crippen LogP contribution is 2.60. The van der Waals surface area contributed by atoms with Gasteiger partial charge >= 0.3 is 0 Å². The van der Waals surface area contributed by atoms with Gasteiger partial charge in [-0.2, -0.15) is 5.26 Å². The van der Waals surface area contributed by atoms with Crippen LogP contribution in [0.1, 0.15) is 32.1 Å². The number of nitriles is 1. The first-order valence-electron chi connectivity index (χ1n) is 4.26. The van der Waals surface area contributed by atoms with Crippen LogP contribution in [0.15, 0.2) is 0 Å². The summed E-state index contributed by atoms with van der Waals surface area (Å²) < 4.78 is 0. The minimum absolute atomic E-state index is 0.0390. The van der Waals surface area contributed by atoms with Gasteiger partial charge in [0.25, 0.3) is 0 Å². The fraction of sp³-hybridized carbons (Fsp3) is 0.889. The predicted octanol–water partition coefficient (Wildman–Crippen LogP) is 1.45. The summed E-state index contributed by atoms with van der Waals surface area (Å²) in [5.74, 6) is 0. The minimum Gasteiger partial charge on any atom is -0.396 e. The molecule has 0 aromatic carbocycles. The number of hydrogen-bond donors (Lipinski definition) is 1. The standard InChI is InChI=1S/C9H13NO/c10-6-8-1-3-9(5-8,7-11)4-2-8/h11H,1-5,7H2. The molecule has 2 rings (SSSR count). The summed E-state index contributed by atoms with van der Waals surface area (Å²) in [5.41, 5.74) is 0.110. The van der Waals surface area contributed by atoms with Gasteiger partial charge in [-0.1, -0.05) is 0 Å². The number of fused-ring (bicyclic) bond motifs is 2. The maximum Gasteiger partial charge on any atom is 0.0689 e. The Morgan fingerprint density at radius 1 is 1.27 bits per heavy atom. The first-order valence-corrected chi connectivity index (χ1v) is 4.26. The van der Waals surface area contributed by atoms with E-state index in [1.807, 2.05) is 0 Å². The van der Waals surface area contributed by atoms with E-state index in [1.165, 1.54) is 0 Å². The maximum atomic E-state index is 9.14. The summed E-state index contributed by atoms with van der Waals surface area (Å²) in [7, 11) is 0. The molecule has 0 aromatic rings. The molecule has 60 valence electrons. The third kappa shape index (κ3) is 0.810. The molecule has 2 aliphatic rings. The molecule has 2 nitrogen and oxygen atoms in total. The molecule has 2 heteroatoms. The molecule has 2 aliphatic carbocycles. The second-order valence-corrected chi connectivity index (χ2v) is 4.23. The van der Waals surface area contributed by atoms with Crippen LogP contribution in [0, 0.1) is 22.2 Å².